The van der Waals surface area contributed by atoms with Crippen molar-refractivity contribution >= 4 is 6.09 Å². The third kappa shape index (κ3) is 2.66. The monoisotopic (exact) mass is 188 g/mol. The molecule has 1 heterocycles. The van der Waals surface area contributed by atoms with Gasteiger partial charge in [0.05, 0.1) is 0 Å². The smallest absolute Gasteiger partial charge is 0.409 e. The molecule has 0 saturated carbocycles. The van der Waals surface area contributed by atoms with Crippen LogP contribution in [0, 0.1) is 0 Å². The predicted octanol–water partition coefficient (Wildman–Crippen LogP) is 1.48. The van der Waals surface area contributed by atoms with E-state index < -0.39 is 18.2 Å². The van der Waals surface area contributed by atoms with E-state index in [4.69, 9.17) is 0 Å². The summed E-state index contributed by atoms with van der Waals surface area (Å²) in [7, 11) is 0. The van der Waals surface area contributed by atoms with Gasteiger partial charge in [0, 0.05) is 12.3 Å². The lowest BCUT2D eigenvalue weighted by atomic mass is 10.3. The molecule has 13 heavy (non-hydrogen) atoms. The van der Waals surface area contributed by atoms with Crippen LogP contribution in [0.4, 0.5) is 13.6 Å². The van der Waals surface area contributed by atoms with Gasteiger partial charge in [-0.1, -0.05) is 0 Å². The number of carbonyl (C=O) groups excluding carboxylic acids is 1. The summed E-state index contributed by atoms with van der Waals surface area (Å²) in [5, 5.41) is 0. The number of ether oxygens (including phenoxy) is 1. The minimum atomic E-state index is -2.70. The summed E-state index contributed by atoms with van der Waals surface area (Å²) in [5.74, 6) is -0.0437. The molecule has 0 saturated heterocycles. The normalized spacial score (nSPS) is 10.1. The number of nitrogens with zero attached hydrogens (tertiary/aromatic N) is 1. The van der Waals surface area contributed by atoms with Gasteiger partial charge in [-0.25, -0.2) is 13.6 Å². The molecule has 0 radical (unpaired) electrons. The standard InChI is InChI=1S/C7H6F2N2O2/c8-6(9)5-3-4(1-2-11-5)13-7(10)12/h1-3,6H,(H2,10,12). The van der Waals surface area contributed by atoms with E-state index in [1.807, 2.05) is 0 Å². The van der Waals surface area contributed by atoms with Crippen LogP contribution in [0.15, 0.2) is 18.3 Å². The van der Waals surface area contributed by atoms with E-state index in [2.05, 4.69) is 15.5 Å². The van der Waals surface area contributed by atoms with Gasteiger partial charge in [-0.05, 0) is 6.07 Å². The highest BCUT2D eigenvalue weighted by molar-refractivity contribution is 5.67. The average Bonchev–Trinajstić information content (AvgIpc) is 2.03. The van der Waals surface area contributed by atoms with E-state index in [1.54, 1.807) is 0 Å². The molecule has 0 aliphatic carbocycles. The first kappa shape index (κ1) is 9.37. The second-order valence-electron chi connectivity index (χ2n) is 2.14. The summed E-state index contributed by atoms with van der Waals surface area (Å²) >= 11 is 0. The Morgan fingerprint density at radius 2 is 2.31 bits per heavy atom. The van der Waals surface area contributed by atoms with Gasteiger partial charge in [0.15, 0.2) is 0 Å². The van der Waals surface area contributed by atoms with Crippen molar-refractivity contribution in [2.24, 2.45) is 5.73 Å². The third-order valence-corrected chi connectivity index (χ3v) is 1.19. The highest BCUT2D eigenvalue weighted by atomic mass is 19.3. The topological polar surface area (TPSA) is 65.2 Å². The lowest BCUT2D eigenvalue weighted by molar-refractivity contribution is 0.145. The van der Waals surface area contributed by atoms with E-state index in [9.17, 15) is 13.6 Å². The molecule has 1 amide bonds. The van der Waals surface area contributed by atoms with Gasteiger partial charge < -0.3 is 10.5 Å². The molecule has 0 fully saturated rings. The second-order valence-corrected chi connectivity index (χ2v) is 2.14. The Kier molecular flexibility index (Phi) is 2.73. The number of pyridine rings is 1. The number of amides is 1. The minimum absolute atomic E-state index is 0.0437. The van der Waals surface area contributed by atoms with Gasteiger partial charge in [-0.3, -0.25) is 4.98 Å². The van der Waals surface area contributed by atoms with Crippen molar-refractivity contribution in [2.75, 3.05) is 0 Å². The fraction of sp³-hybridized carbons (Fsp3) is 0.143. The van der Waals surface area contributed by atoms with E-state index in [-0.39, 0.29) is 5.75 Å². The number of nitrogens with two attached hydrogens (primary N) is 1. The van der Waals surface area contributed by atoms with Crippen LogP contribution in [0.5, 0.6) is 5.75 Å². The van der Waals surface area contributed by atoms with Crippen LogP contribution < -0.4 is 10.5 Å². The van der Waals surface area contributed by atoms with E-state index in [1.165, 1.54) is 6.07 Å². The van der Waals surface area contributed by atoms with Crippen LogP contribution in [0.25, 0.3) is 0 Å². The summed E-state index contributed by atoms with van der Waals surface area (Å²) in [4.78, 5) is 13.6. The second kappa shape index (κ2) is 3.79. The zero-order valence-corrected chi connectivity index (χ0v) is 6.41. The molecule has 70 valence electrons. The Labute approximate surface area is 72.3 Å². The highest BCUT2D eigenvalue weighted by Crippen LogP contribution is 2.20. The average molecular weight is 188 g/mol. The van der Waals surface area contributed by atoms with Gasteiger partial charge >= 0.3 is 6.09 Å². The lowest BCUT2D eigenvalue weighted by Gasteiger charge is -2.02. The van der Waals surface area contributed by atoms with Gasteiger partial charge in [0.1, 0.15) is 11.4 Å². The van der Waals surface area contributed by atoms with Crippen molar-refractivity contribution in [1.82, 2.24) is 4.98 Å². The van der Waals surface area contributed by atoms with Gasteiger partial charge in [-0.2, -0.15) is 0 Å². The number of aromatic nitrogens is 1. The maximum absolute atomic E-state index is 12.1. The van der Waals surface area contributed by atoms with E-state index in [0.717, 1.165) is 12.3 Å². The van der Waals surface area contributed by atoms with Crippen LogP contribution in [0.2, 0.25) is 0 Å². The number of hydrogen-bond acceptors (Lipinski definition) is 3. The Bertz CT molecular complexity index is 317. The molecule has 0 aromatic carbocycles. The Hall–Kier alpha value is -1.72. The summed E-state index contributed by atoms with van der Waals surface area (Å²) in [5.41, 5.74) is 4.22. The molecule has 0 spiro atoms. The molecule has 2 N–H and O–H groups in total. The lowest BCUT2D eigenvalue weighted by Crippen LogP contribution is -2.16. The summed E-state index contributed by atoms with van der Waals surface area (Å²) < 4.78 is 28.5. The van der Waals surface area contributed by atoms with Gasteiger partial charge in [-0.15, -0.1) is 0 Å². The van der Waals surface area contributed by atoms with Crippen LogP contribution in [-0.4, -0.2) is 11.1 Å². The first-order chi connectivity index (χ1) is 6.09. The van der Waals surface area contributed by atoms with Crippen molar-refractivity contribution in [1.29, 1.82) is 0 Å². The number of rotatable bonds is 2. The molecule has 1 aromatic heterocycles. The number of hydrogen-bond donors (Lipinski definition) is 1. The zero-order valence-electron chi connectivity index (χ0n) is 6.41. The summed E-state index contributed by atoms with van der Waals surface area (Å²) in [6, 6.07) is 2.21. The molecule has 1 rings (SSSR count). The fourth-order valence-electron chi connectivity index (χ4n) is 0.727. The Balaban J connectivity index is 2.85. The molecule has 1 aromatic rings. The molecule has 0 aliphatic rings. The van der Waals surface area contributed by atoms with Crippen LogP contribution in [-0.2, 0) is 0 Å². The van der Waals surface area contributed by atoms with Crippen LogP contribution >= 0.6 is 0 Å². The molecular formula is C7H6F2N2O2. The molecule has 0 bridgehead atoms. The first-order valence-corrected chi connectivity index (χ1v) is 3.31. The maximum Gasteiger partial charge on any atom is 0.409 e. The van der Waals surface area contributed by atoms with Gasteiger partial charge in [0.2, 0.25) is 0 Å². The maximum atomic E-state index is 12.1. The van der Waals surface area contributed by atoms with E-state index in [0.29, 0.717) is 0 Å². The van der Waals surface area contributed by atoms with Crippen molar-refractivity contribution < 1.29 is 18.3 Å². The Morgan fingerprint density at radius 1 is 1.62 bits per heavy atom. The third-order valence-electron chi connectivity index (χ3n) is 1.19. The van der Waals surface area contributed by atoms with E-state index >= 15 is 0 Å². The number of carbonyl (C=O) groups is 1. The number of primary amides is 1. The van der Waals surface area contributed by atoms with Gasteiger partial charge in [0.25, 0.3) is 6.43 Å². The largest absolute Gasteiger partial charge is 0.410 e. The molecule has 4 nitrogen and oxygen atoms in total. The highest BCUT2D eigenvalue weighted by Gasteiger charge is 2.09. The number of halogens is 2. The predicted molar refractivity (Wildman–Crippen MR) is 39.4 cm³/mol. The van der Waals surface area contributed by atoms with Crippen molar-refractivity contribution in [3.05, 3.63) is 24.0 Å². The number of alkyl halides is 2. The quantitative estimate of drug-likeness (QED) is 0.764. The molecule has 0 aliphatic heterocycles. The zero-order chi connectivity index (χ0) is 9.84. The van der Waals surface area contributed by atoms with Crippen molar-refractivity contribution in [3.63, 3.8) is 0 Å². The van der Waals surface area contributed by atoms with Crippen molar-refractivity contribution in [2.45, 2.75) is 6.43 Å². The fourth-order valence-corrected chi connectivity index (χ4v) is 0.727. The SMILES string of the molecule is NC(=O)Oc1ccnc(C(F)F)c1. The summed E-state index contributed by atoms with van der Waals surface area (Å²) in [6.45, 7) is 0. The van der Waals surface area contributed by atoms with Crippen LogP contribution in [0.1, 0.15) is 12.1 Å². The Morgan fingerprint density at radius 3 is 2.85 bits per heavy atom. The summed E-state index contributed by atoms with van der Waals surface area (Å²) in [6.07, 6.45) is -2.64. The first-order valence-electron chi connectivity index (χ1n) is 3.31. The molecule has 0 unspecified atom stereocenters. The minimum Gasteiger partial charge on any atom is -0.410 e. The molecule has 0 atom stereocenters. The molecule has 6 heteroatoms. The van der Waals surface area contributed by atoms with Crippen LogP contribution in [0.3, 0.4) is 0 Å². The molecular weight excluding hydrogens is 182 g/mol. The van der Waals surface area contributed by atoms with Crippen molar-refractivity contribution in [3.8, 4) is 5.75 Å².